The summed E-state index contributed by atoms with van der Waals surface area (Å²) in [6.07, 6.45) is 31.5. The number of hydrogen-bond acceptors (Lipinski definition) is 5. The fourth-order valence-electron chi connectivity index (χ4n) is 23.9. The highest BCUT2D eigenvalue weighted by molar-refractivity contribution is 6.40. The second kappa shape index (κ2) is 32.7. The van der Waals surface area contributed by atoms with Crippen LogP contribution >= 0.6 is 23.2 Å². The smallest absolute Gasteiger partial charge is 0.119 e. The monoisotopic (exact) mass is 1410 g/mol. The van der Waals surface area contributed by atoms with Crippen LogP contribution in [-0.4, -0.2) is 44.5 Å². The lowest BCUT2D eigenvalue weighted by atomic mass is 9.45. The first-order chi connectivity index (χ1) is 46.8. The van der Waals surface area contributed by atoms with Gasteiger partial charge in [-0.05, 0) is 348 Å². The number of rotatable bonds is 12. The van der Waals surface area contributed by atoms with Gasteiger partial charge in [0.25, 0.3) is 0 Å². The zero-order valence-corrected chi connectivity index (χ0v) is 69.1. The molecule has 1 N–H and O–H groups in total. The summed E-state index contributed by atoms with van der Waals surface area (Å²) < 4.78 is 22.0. The third-order valence-electron chi connectivity index (χ3n) is 28.7. The van der Waals surface area contributed by atoms with Crippen molar-refractivity contribution in [2.75, 3.05) is 33.8 Å². The zero-order chi connectivity index (χ0) is 73.8. The number of fused-ring (bicyclic) bond motifs is 4. The topological polar surface area (TPSA) is 57.2 Å². The number of allylic oxidation sites excluding steroid dienone is 5. The van der Waals surface area contributed by atoms with Crippen LogP contribution in [0.4, 0.5) is 0 Å². The Morgan fingerprint density at radius 2 is 0.790 bits per heavy atom. The molecule has 6 saturated carbocycles. The molecule has 7 heteroatoms. The van der Waals surface area contributed by atoms with Gasteiger partial charge in [0.05, 0.1) is 39.4 Å². The first-order valence-corrected chi connectivity index (χ1v) is 40.3. The number of aliphatic hydroxyl groups is 1. The van der Waals surface area contributed by atoms with Crippen molar-refractivity contribution in [1.29, 1.82) is 0 Å². The van der Waals surface area contributed by atoms with Gasteiger partial charge in [0.15, 0.2) is 0 Å². The Hall–Kier alpha value is -4.16. The molecule has 0 heterocycles. The lowest BCUT2D eigenvalue weighted by Crippen LogP contribution is -2.58. The maximum Gasteiger partial charge on any atom is 0.119 e. The van der Waals surface area contributed by atoms with E-state index in [9.17, 15) is 5.11 Å². The Morgan fingerprint density at radius 3 is 1.26 bits per heavy atom. The maximum absolute atomic E-state index is 11.3. The first-order valence-electron chi connectivity index (χ1n) is 39.2. The van der Waals surface area contributed by atoms with Gasteiger partial charge in [0.1, 0.15) is 23.0 Å². The van der Waals surface area contributed by atoms with Crippen LogP contribution < -0.4 is 18.9 Å². The molecule has 0 aliphatic heterocycles. The summed E-state index contributed by atoms with van der Waals surface area (Å²) in [6.45, 7) is 50.0. The minimum Gasteiger partial charge on any atom is -0.497 e. The van der Waals surface area contributed by atoms with Crippen LogP contribution in [0.3, 0.4) is 0 Å². The Bertz CT molecular complexity index is 3470. The van der Waals surface area contributed by atoms with Crippen LogP contribution in [0.25, 0.3) is 0 Å². The second-order valence-electron chi connectivity index (χ2n) is 37.6. The van der Waals surface area contributed by atoms with Crippen molar-refractivity contribution in [2.24, 2.45) is 84.7 Å². The second-order valence-corrected chi connectivity index (χ2v) is 38.4. The Kier molecular flexibility index (Phi) is 26.6. The molecule has 0 saturated heterocycles. The highest BCUT2D eigenvalue weighted by Crippen LogP contribution is 2.65. The fourth-order valence-corrected chi connectivity index (χ4v) is 23.9. The number of methoxy groups -OCH3 is 4. The normalized spacial score (nSPS) is 32.0. The first kappa shape index (κ1) is 81.5. The lowest BCUT2D eigenvalue weighted by Gasteiger charge is -2.61. The van der Waals surface area contributed by atoms with Crippen molar-refractivity contribution >= 4 is 23.2 Å². The van der Waals surface area contributed by atoms with Gasteiger partial charge in [-0.25, -0.2) is 0 Å². The molecule has 100 heavy (non-hydrogen) atoms. The predicted octanol–water partition coefficient (Wildman–Crippen LogP) is 26.1. The summed E-state index contributed by atoms with van der Waals surface area (Å²) in [5.41, 5.74) is 19.7. The van der Waals surface area contributed by atoms with Crippen molar-refractivity contribution in [3.05, 3.63) is 152 Å². The third-order valence-corrected chi connectivity index (χ3v) is 28.7. The zero-order valence-electron chi connectivity index (χ0n) is 67.6. The number of halogens is 2. The van der Waals surface area contributed by atoms with Gasteiger partial charge >= 0.3 is 0 Å². The van der Waals surface area contributed by atoms with E-state index in [-0.39, 0.29) is 10.8 Å². The van der Waals surface area contributed by atoms with E-state index in [0.717, 1.165) is 79.3 Å². The number of ether oxygens (including phenoxy) is 4. The van der Waals surface area contributed by atoms with E-state index >= 15 is 0 Å². The summed E-state index contributed by atoms with van der Waals surface area (Å²) in [5.74, 6) is 8.59. The Balaban J connectivity index is 0.000000167. The minimum atomic E-state index is -0.588. The average molecular weight is 1410 g/mol. The molecule has 0 aromatic heterocycles. The van der Waals surface area contributed by atoms with Crippen LogP contribution in [0.2, 0.25) is 0 Å². The van der Waals surface area contributed by atoms with E-state index < -0.39 is 5.60 Å². The molecule has 6 fully saturated rings. The van der Waals surface area contributed by atoms with Gasteiger partial charge < -0.3 is 24.1 Å². The Labute approximate surface area is 622 Å². The Morgan fingerprint density at radius 1 is 0.420 bits per heavy atom. The minimum absolute atomic E-state index is 0.194. The summed E-state index contributed by atoms with van der Waals surface area (Å²) >= 11 is 9.53. The number of hydrogen-bond donors (Lipinski definition) is 1. The molecule has 12 atom stereocenters. The molecular formula is C93H140Cl2O5. The predicted molar refractivity (Wildman–Crippen MR) is 428 cm³/mol. The molecule has 0 radical (unpaired) electrons. The number of alkyl halides is 2. The van der Waals surface area contributed by atoms with Crippen molar-refractivity contribution in [2.45, 2.75) is 285 Å². The summed E-state index contributed by atoms with van der Waals surface area (Å²) in [6, 6.07) is 26.6. The molecule has 12 rings (SSSR count). The van der Waals surface area contributed by atoms with Gasteiger partial charge in [-0.3, -0.25) is 0 Å². The molecular weight excluding hydrogens is 1270 g/mol. The molecule has 8 aliphatic carbocycles. The van der Waals surface area contributed by atoms with Gasteiger partial charge in [-0.2, -0.15) is 0 Å². The summed E-state index contributed by atoms with van der Waals surface area (Å²) in [4.78, 5) is 0. The molecule has 8 aliphatic rings. The van der Waals surface area contributed by atoms with E-state index in [0.29, 0.717) is 61.6 Å². The number of benzene rings is 4. The number of aryl methyl sites for hydroxylation is 4. The van der Waals surface area contributed by atoms with Crippen LogP contribution in [0.1, 0.15) is 270 Å². The van der Waals surface area contributed by atoms with E-state index in [1.165, 1.54) is 159 Å². The molecule has 4 aromatic rings. The van der Waals surface area contributed by atoms with Gasteiger partial charge in [0, 0.05) is 0 Å². The largest absolute Gasteiger partial charge is 0.497 e. The van der Waals surface area contributed by atoms with Crippen molar-refractivity contribution in [3.8, 4) is 23.0 Å². The lowest BCUT2D eigenvalue weighted by molar-refractivity contribution is -0.166. The molecule has 0 spiro atoms. The molecule has 0 amide bonds. The molecule has 556 valence electrons. The van der Waals surface area contributed by atoms with Gasteiger partial charge in [0.2, 0.25) is 0 Å². The van der Waals surface area contributed by atoms with Crippen molar-refractivity contribution < 1.29 is 24.1 Å². The fraction of sp³-hybridized carbons (Fsp3) is 0.677. The van der Waals surface area contributed by atoms with E-state index in [1.807, 2.05) is 0 Å². The molecule has 5 nitrogen and oxygen atoms in total. The maximum atomic E-state index is 11.3. The SMILES string of the molecule is C=C1CC[C@H]2C(C)(C)CCC[C@]2(C)[C@H]1Cc1cc(C)cc(OC)c1.COc1cc(C)cc(CC2=C(C)CC[C@H]3C(C)(C)CCC[C@]23C)c1.COc1cc(C)cc(C[C@@H]2[C@@]3(C)CCCC(C)(C)[C@@H]3CC[C@@]2(C)O)c1.COc1cc(C)cc(C[C@H]2C(C)=CC[C@H]3C(C)(C)CCC[C@]23C)c1.ClCCl. The average Bonchev–Trinajstić information content (AvgIpc) is 0.745. The third kappa shape index (κ3) is 18.2. The molecule has 4 aromatic carbocycles. The summed E-state index contributed by atoms with van der Waals surface area (Å²) in [5, 5.41) is 11.5. The van der Waals surface area contributed by atoms with Crippen molar-refractivity contribution in [3.63, 3.8) is 0 Å². The van der Waals surface area contributed by atoms with Gasteiger partial charge in [-0.15, -0.1) is 23.2 Å². The van der Waals surface area contributed by atoms with Crippen LogP contribution in [-0.2, 0) is 25.7 Å². The van der Waals surface area contributed by atoms with E-state index in [2.05, 4.69) is 217 Å². The van der Waals surface area contributed by atoms with Crippen LogP contribution in [0.5, 0.6) is 23.0 Å². The standard InChI is InChI=1S/C23H36O2.3C23H34O.CH2Cl2/c1-16-12-17(14-18(13-16)25-6)15-20-22(4)10-7-9-21(2,3)19(22)8-11-23(20,5)24;3*1-16-12-18(14-19(13-16)24-6)15-20-17(2)8-9-21-22(3,4)10-7-11-23(20,21)5;2-1-3/h12-14,19-20,24H,7-11,15H2,1-6H3;12-14,21H,7-11,15H2,1-6H3;8,12-14,20-21H,7,9-11,15H2,1-6H3;12-14,20-21H,2,7-11,15H2,1,3-6H3;1H2/t19-,20+,22-,23+;21-,23+;2*20-,21-,23+;/m0000./s1. The van der Waals surface area contributed by atoms with E-state index in [4.69, 9.17) is 42.1 Å². The van der Waals surface area contributed by atoms with Crippen LogP contribution in [0.15, 0.2) is 108 Å². The van der Waals surface area contributed by atoms with Gasteiger partial charge in [-0.1, -0.05) is 168 Å². The molecule has 0 unspecified atom stereocenters. The van der Waals surface area contributed by atoms with Crippen molar-refractivity contribution in [1.82, 2.24) is 0 Å². The highest BCUT2D eigenvalue weighted by atomic mass is 35.5. The summed E-state index contributed by atoms with van der Waals surface area (Å²) in [7, 11) is 7.03. The highest BCUT2D eigenvalue weighted by Gasteiger charge is 2.59. The van der Waals surface area contributed by atoms with E-state index in [1.54, 1.807) is 45.2 Å². The van der Waals surface area contributed by atoms with Crippen LogP contribution in [0, 0.1) is 112 Å². The molecule has 0 bridgehead atoms. The quantitative estimate of drug-likeness (QED) is 0.113.